The van der Waals surface area contributed by atoms with Crippen LogP contribution in [-0.2, 0) is 11.3 Å². The smallest absolute Gasteiger partial charge is 0.225 e. The molecule has 1 saturated carbocycles. The Morgan fingerprint density at radius 2 is 2.37 bits per heavy atom. The molecule has 1 heterocycles. The van der Waals surface area contributed by atoms with Crippen molar-refractivity contribution in [3.8, 4) is 0 Å². The van der Waals surface area contributed by atoms with Gasteiger partial charge in [-0.25, -0.2) is 0 Å². The second kappa shape index (κ2) is 7.07. The summed E-state index contributed by atoms with van der Waals surface area (Å²) < 4.78 is 1.07. The number of nitrogens with one attached hydrogen (secondary N) is 1. The van der Waals surface area contributed by atoms with Gasteiger partial charge in [-0.15, -0.1) is 23.7 Å². The van der Waals surface area contributed by atoms with E-state index in [4.69, 9.17) is 5.73 Å². The quantitative estimate of drug-likeness (QED) is 0.859. The Bertz CT molecular complexity index is 436. The van der Waals surface area contributed by atoms with Gasteiger partial charge in [0.15, 0.2) is 0 Å². The molecule has 2 atom stereocenters. The van der Waals surface area contributed by atoms with E-state index in [0.717, 1.165) is 35.0 Å². The fourth-order valence-corrected chi connectivity index (χ4v) is 3.92. The zero-order chi connectivity index (χ0) is 13.2. The van der Waals surface area contributed by atoms with Crippen molar-refractivity contribution in [2.45, 2.75) is 44.7 Å². The summed E-state index contributed by atoms with van der Waals surface area (Å²) in [7, 11) is 0. The molecule has 0 spiro atoms. The molecule has 1 aliphatic rings. The van der Waals surface area contributed by atoms with E-state index in [9.17, 15) is 4.79 Å². The molecule has 1 aliphatic carbocycles. The van der Waals surface area contributed by atoms with Gasteiger partial charge in [-0.1, -0.05) is 12.8 Å². The summed E-state index contributed by atoms with van der Waals surface area (Å²) in [5, 5.41) is 5.03. The molecule has 0 aliphatic heterocycles. The van der Waals surface area contributed by atoms with Gasteiger partial charge in [0.1, 0.15) is 0 Å². The van der Waals surface area contributed by atoms with Crippen LogP contribution in [0.3, 0.4) is 0 Å². The zero-order valence-corrected chi connectivity index (χ0v) is 14.2. The van der Waals surface area contributed by atoms with Crippen molar-refractivity contribution in [3.05, 3.63) is 20.8 Å². The van der Waals surface area contributed by atoms with Gasteiger partial charge < -0.3 is 11.1 Å². The molecule has 19 heavy (non-hydrogen) atoms. The Kier molecular flexibility index (Phi) is 6.30. The molecule has 108 valence electrons. The van der Waals surface area contributed by atoms with Crippen LogP contribution in [0.15, 0.2) is 15.9 Å². The van der Waals surface area contributed by atoms with Gasteiger partial charge in [-0.2, -0.15) is 0 Å². The van der Waals surface area contributed by atoms with Gasteiger partial charge in [0.25, 0.3) is 0 Å². The van der Waals surface area contributed by atoms with Gasteiger partial charge >= 0.3 is 0 Å². The first-order chi connectivity index (χ1) is 8.49. The minimum atomic E-state index is -0.349. The van der Waals surface area contributed by atoms with Crippen LogP contribution >= 0.6 is 39.7 Å². The Morgan fingerprint density at radius 1 is 1.63 bits per heavy atom. The van der Waals surface area contributed by atoms with Crippen molar-refractivity contribution in [1.29, 1.82) is 0 Å². The Labute approximate surface area is 132 Å². The minimum absolute atomic E-state index is 0. The average Bonchev–Trinajstić information content (AvgIpc) is 2.71. The highest BCUT2D eigenvalue weighted by Crippen LogP contribution is 2.31. The number of amides is 1. The molecule has 1 aromatic rings. The number of rotatable bonds is 3. The first-order valence-corrected chi connectivity index (χ1v) is 7.96. The van der Waals surface area contributed by atoms with Crippen LogP contribution in [0.1, 0.15) is 37.5 Å². The topological polar surface area (TPSA) is 55.1 Å². The van der Waals surface area contributed by atoms with Gasteiger partial charge in [0, 0.05) is 20.3 Å². The van der Waals surface area contributed by atoms with Crippen molar-refractivity contribution in [3.63, 3.8) is 0 Å². The maximum absolute atomic E-state index is 12.2. The average molecular weight is 368 g/mol. The second-order valence-electron chi connectivity index (χ2n) is 5.25. The van der Waals surface area contributed by atoms with Crippen molar-refractivity contribution in [2.24, 2.45) is 11.7 Å². The van der Waals surface area contributed by atoms with Crippen molar-refractivity contribution < 1.29 is 4.79 Å². The van der Waals surface area contributed by atoms with Gasteiger partial charge in [-0.05, 0) is 41.8 Å². The fourth-order valence-electron chi connectivity index (χ4n) is 2.53. The van der Waals surface area contributed by atoms with E-state index >= 15 is 0 Å². The largest absolute Gasteiger partial charge is 0.351 e. The maximum Gasteiger partial charge on any atom is 0.225 e. The SMILES string of the molecule is CC1(N)CCCCC1C(=O)NCc1cc(Br)cs1.Cl. The maximum atomic E-state index is 12.2. The predicted molar refractivity (Wildman–Crippen MR) is 85.7 cm³/mol. The predicted octanol–water partition coefficient (Wildman–Crippen LogP) is 3.46. The van der Waals surface area contributed by atoms with E-state index in [1.165, 1.54) is 0 Å². The van der Waals surface area contributed by atoms with Crippen LogP contribution < -0.4 is 11.1 Å². The lowest BCUT2D eigenvalue weighted by Crippen LogP contribution is -2.52. The molecule has 0 radical (unpaired) electrons. The van der Waals surface area contributed by atoms with E-state index in [-0.39, 0.29) is 29.8 Å². The van der Waals surface area contributed by atoms with Crippen LogP contribution in [-0.4, -0.2) is 11.4 Å². The number of thiophene rings is 1. The standard InChI is InChI=1S/C13H19BrN2OS.ClH/c1-13(15)5-3-2-4-11(13)12(17)16-7-10-6-9(14)8-18-10;/h6,8,11H,2-5,7,15H2,1H3,(H,16,17);1H. The number of hydrogen-bond acceptors (Lipinski definition) is 3. The third-order valence-corrected chi connectivity index (χ3v) is 5.33. The molecule has 1 amide bonds. The molecule has 0 bridgehead atoms. The highest BCUT2D eigenvalue weighted by Gasteiger charge is 2.37. The van der Waals surface area contributed by atoms with Crippen LogP contribution in [0.2, 0.25) is 0 Å². The lowest BCUT2D eigenvalue weighted by molar-refractivity contribution is -0.128. The molecule has 3 N–H and O–H groups in total. The van der Waals surface area contributed by atoms with Crippen molar-refractivity contribution in [2.75, 3.05) is 0 Å². The molecule has 0 aromatic carbocycles. The van der Waals surface area contributed by atoms with Crippen molar-refractivity contribution in [1.82, 2.24) is 5.32 Å². The summed E-state index contributed by atoms with van der Waals surface area (Å²) in [4.78, 5) is 13.4. The summed E-state index contributed by atoms with van der Waals surface area (Å²) in [6.45, 7) is 2.60. The zero-order valence-electron chi connectivity index (χ0n) is 10.9. The van der Waals surface area contributed by atoms with E-state index < -0.39 is 0 Å². The van der Waals surface area contributed by atoms with Gasteiger partial charge in [-0.3, -0.25) is 4.79 Å². The fraction of sp³-hybridized carbons (Fsp3) is 0.615. The molecule has 1 aromatic heterocycles. The van der Waals surface area contributed by atoms with Crippen molar-refractivity contribution >= 4 is 45.6 Å². The van der Waals surface area contributed by atoms with Crippen LogP contribution in [0.25, 0.3) is 0 Å². The lowest BCUT2D eigenvalue weighted by Gasteiger charge is -2.37. The molecule has 1 fully saturated rings. The summed E-state index contributed by atoms with van der Waals surface area (Å²) in [6.07, 6.45) is 4.09. The molecular weight excluding hydrogens is 348 g/mol. The summed E-state index contributed by atoms with van der Waals surface area (Å²) >= 11 is 5.06. The molecular formula is C13H20BrClN2OS. The van der Waals surface area contributed by atoms with E-state index in [1.54, 1.807) is 11.3 Å². The number of carbonyl (C=O) groups is 1. The highest BCUT2D eigenvalue weighted by atomic mass is 79.9. The number of nitrogens with two attached hydrogens (primary N) is 1. The van der Waals surface area contributed by atoms with Crippen LogP contribution in [0.5, 0.6) is 0 Å². The van der Waals surface area contributed by atoms with Crippen LogP contribution in [0.4, 0.5) is 0 Å². The second-order valence-corrected chi connectivity index (χ2v) is 7.16. The van der Waals surface area contributed by atoms with E-state index in [2.05, 4.69) is 21.2 Å². The monoisotopic (exact) mass is 366 g/mol. The third kappa shape index (κ3) is 4.45. The molecule has 2 rings (SSSR count). The number of hydrogen-bond donors (Lipinski definition) is 2. The molecule has 2 unspecified atom stereocenters. The first-order valence-electron chi connectivity index (χ1n) is 6.28. The minimum Gasteiger partial charge on any atom is -0.351 e. The summed E-state index contributed by atoms with van der Waals surface area (Å²) in [5.74, 6) is 0.0545. The lowest BCUT2D eigenvalue weighted by atomic mass is 9.74. The number of carbonyl (C=O) groups excluding carboxylic acids is 1. The molecule has 6 heteroatoms. The Hall–Kier alpha value is -0.100. The molecule has 0 saturated heterocycles. The summed E-state index contributed by atoms with van der Waals surface area (Å²) in [6, 6.07) is 2.04. The van der Waals surface area contributed by atoms with Crippen LogP contribution in [0, 0.1) is 5.92 Å². The van der Waals surface area contributed by atoms with E-state index in [0.29, 0.717) is 6.54 Å². The van der Waals surface area contributed by atoms with Gasteiger partial charge in [0.05, 0.1) is 12.5 Å². The Morgan fingerprint density at radius 3 is 2.95 bits per heavy atom. The molecule has 3 nitrogen and oxygen atoms in total. The van der Waals surface area contributed by atoms with E-state index in [1.807, 2.05) is 18.4 Å². The normalized spacial score (nSPS) is 26.6. The van der Waals surface area contributed by atoms with Gasteiger partial charge in [0.2, 0.25) is 5.91 Å². The highest BCUT2D eigenvalue weighted by molar-refractivity contribution is 9.10. The first kappa shape index (κ1) is 17.0. The Balaban J connectivity index is 0.00000180. The third-order valence-electron chi connectivity index (χ3n) is 3.63. The summed E-state index contributed by atoms with van der Waals surface area (Å²) in [5.41, 5.74) is 5.88. The number of halogens is 2.